The van der Waals surface area contributed by atoms with Gasteiger partial charge >= 0.3 is 0 Å². The molecule has 140 valence electrons. The summed E-state index contributed by atoms with van der Waals surface area (Å²) in [4.78, 5) is 0. The summed E-state index contributed by atoms with van der Waals surface area (Å²) in [6, 6.07) is 0. The molecule has 3 rings (SSSR count). The third-order valence-electron chi connectivity index (χ3n) is 4.38. The van der Waals surface area contributed by atoms with Crippen LogP contribution in [-0.4, -0.2) is 75.0 Å². The van der Waals surface area contributed by atoms with E-state index in [1.165, 1.54) is 0 Å². The van der Waals surface area contributed by atoms with E-state index in [0.717, 1.165) is 17.9 Å². The van der Waals surface area contributed by atoms with E-state index in [9.17, 15) is 10.2 Å². The molecule has 8 heteroatoms. The van der Waals surface area contributed by atoms with Gasteiger partial charge in [-0.3, -0.25) is 0 Å². The molecule has 0 radical (unpaired) electrons. The van der Waals surface area contributed by atoms with Gasteiger partial charge in [0.15, 0.2) is 11.6 Å². The first-order valence-corrected chi connectivity index (χ1v) is 10.5. The highest BCUT2D eigenvalue weighted by Crippen LogP contribution is 2.40. The zero-order valence-electron chi connectivity index (χ0n) is 14.6. The minimum atomic E-state index is -1.04. The standard InChI is InChI=1S/C16H28O6S2/c1-15(2)19-8-9(20-15)12-13(22-16(3,4)21-12)10(17)11(18)14-23-6-5-7-24-14/h9-14,17-18H,5-8H2,1-4H3/t9-,10+,11-,12-,13-/m1/s1. The molecule has 0 aromatic heterocycles. The average Bonchev–Trinajstić information content (AvgIpc) is 3.05. The second-order valence-corrected chi connectivity index (χ2v) is 10.2. The minimum absolute atomic E-state index is 0.0427. The van der Waals surface area contributed by atoms with Crippen molar-refractivity contribution in [2.75, 3.05) is 18.1 Å². The molecule has 3 heterocycles. The second kappa shape index (κ2) is 7.23. The monoisotopic (exact) mass is 380 g/mol. The molecule has 3 aliphatic rings. The van der Waals surface area contributed by atoms with Gasteiger partial charge in [-0.15, -0.1) is 23.5 Å². The highest BCUT2D eigenvalue weighted by atomic mass is 32.2. The van der Waals surface area contributed by atoms with E-state index in [0.29, 0.717) is 6.61 Å². The van der Waals surface area contributed by atoms with Crippen molar-refractivity contribution in [1.29, 1.82) is 0 Å². The Morgan fingerprint density at radius 2 is 1.58 bits per heavy atom. The average molecular weight is 381 g/mol. The van der Waals surface area contributed by atoms with Crippen LogP contribution in [0.25, 0.3) is 0 Å². The molecule has 3 aliphatic heterocycles. The Morgan fingerprint density at radius 1 is 0.917 bits per heavy atom. The van der Waals surface area contributed by atoms with Gasteiger partial charge < -0.3 is 29.2 Å². The highest BCUT2D eigenvalue weighted by Gasteiger charge is 2.53. The molecule has 0 aliphatic carbocycles. The van der Waals surface area contributed by atoms with Crippen molar-refractivity contribution in [3.63, 3.8) is 0 Å². The molecule has 3 saturated heterocycles. The van der Waals surface area contributed by atoms with Crippen LogP contribution in [0.3, 0.4) is 0 Å². The smallest absolute Gasteiger partial charge is 0.164 e. The first-order valence-electron chi connectivity index (χ1n) is 8.45. The molecule has 0 bridgehead atoms. The van der Waals surface area contributed by atoms with Crippen LogP contribution in [0.4, 0.5) is 0 Å². The first-order chi connectivity index (χ1) is 11.2. The SMILES string of the molecule is CC1(C)O[C@H]([C@@H](O)[C@@H](O)C2SCCCS2)[C@@H]([C@H]2COC(C)(C)O2)O1. The Bertz CT molecular complexity index is 440. The van der Waals surface area contributed by atoms with E-state index in [1.54, 1.807) is 23.5 Å². The van der Waals surface area contributed by atoms with Crippen molar-refractivity contribution in [3.8, 4) is 0 Å². The molecular weight excluding hydrogens is 352 g/mol. The zero-order valence-corrected chi connectivity index (χ0v) is 16.3. The molecule has 24 heavy (non-hydrogen) atoms. The lowest BCUT2D eigenvalue weighted by atomic mass is 10.00. The molecule has 0 spiro atoms. The number of hydrogen-bond donors (Lipinski definition) is 2. The van der Waals surface area contributed by atoms with E-state index in [1.807, 2.05) is 27.7 Å². The molecular formula is C16H28O6S2. The number of ether oxygens (including phenoxy) is 4. The van der Waals surface area contributed by atoms with Crippen molar-refractivity contribution in [1.82, 2.24) is 0 Å². The molecule has 5 atom stereocenters. The normalized spacial score (nSPS) is 39.0. The van der Waals surface area contributed by atoms with Crippen molar-refractivity contribution in [2.45, 2.75) is 80.8 Å². The second-order valence-electron chi connectivity index (χ2n) is 7.38. The van der Waals surface area contributed by atoms with Crippen LogP contribution in [-0.2, 0) is 18.9 Å². The fourth-order valence-electron chi connectivity index (χ4n) is 3.30. The van der Waals surface area contributed by atoms with Gasteiger partial charge in [0.05, 0.1) is 11.2 Å². The van der Waals surface area contributed by atoms with Gasteiger partial charge in [0.2, 0.25) is 0 Å². The summed E-state index contributed by atoms with van der Waals surface area (Å²) in [6.45, 7) is 7.70. The summed E-state index contributed by atoms with van der Waals surface area (Å²) in [5, 5.41) is 21.4. The third kappa shape index (κ3) is 4.23. The van der Waals surface area contributed by atoms with Crippen molar-refractivity contribution < 1.29 is 29.2 Å². The maximum atomic E-state index is 10.8. The Labute approximate surface area is 151 Å². The quantitative estimate of drug-likeness (QED) is 0.761. The number of aliphatic hydroxyl groups is 2. The van der Waals surface area contributed by atoms with Gasteiger partial charge in [0.1, 0.15) is 30.5 Å². The van der Waals surface area contributed by atoms with Gasteiger partial charge in [-0.25, -0.2) is 0 Å². The van der Waals surface area contributed by atoms with Gasteiger partial charge in [-0.1, -0.05) is 0 Å². The lowest BCUT2D eigenvalue weighted by molar-refractivity contribution is -0.176. The van der Waals surface area contributed by atoms with Gasteiger partial charge in [-0.2, -0.15) is 0 Å². The van der Waals surface area contributed by atoms with Crippen LogP contribution >= 0.6 is 23.5 Å². The molecule has 0 aromatic rings. The topological polar surface area (TPSA) is 77.4 Å². The summed E-state index contributed by atoms with van der Waals surface area (Å²) < 4.78 is 23.4. The zero-order chi connectivity index (χ0) is 17.5. The molecule has 0 unspecified atom stereocenters. The summed E-state index contributed by atoms with van der Waals surface area (Å²) in [6.07, 6.45) is -2.24. The number of aliphatic hydroxyl groups excluding tert-OH is 2. The number of hydrogen-bond acceptors (Lipinski definition) is 8. The Kier molecular flexibility index (Phi) is 5.79. The Balaban J connectivity index is 1.71. The maximum Gasteiger partial charge on any atom is 0.164 e. The summed E-state index contributed by atoms with van der Waals surface area (Å²) in [5.41, 5.74) is 0. The van der Waals surface area contributed by atoms with Crippen LogP contribution in [0.5, 0.6) is 0 Å². The van der Waals surface area contributed by atoms with Gasteiger partial charge in [-0.05, 0) is 45.6 Å². The Hall–Kier alpha value is 0.460. The lowest BCUT2D eigenvalue weighted by Crippen LogP contribution is -2.50. The summed E-state index contributed by atoms with van der Waals surface area (Å²) in [5.74, 6) is 0.501. The largest absolute Gasteiger partial charge is 0.388 e. The summed E-state index contributed by atoms with van der Waals surface area (Å²) >= 11 is 3.38. The predicted octanol–water partition coefficient (Wildman–Crippen LogP) is 1.58. The van der Waals surface area contributed by atoms with E-state index in [4.69, 9.17) is 18.9 Å². The molecule has 2 N–H and O–H groups in total. The van der Waals surface area contributed by atoms with E-state index >= 15 is 0 Å². The van der Waals surface area contributed by atoms with Gasteiger partial charge in [0.25, 0.3) is 0 Å². The molecule has 0 saturated carbocycles. The van der Waals surface area contributed by atoms with Crippen LogP contribution in [0, 0.1) is 0 Å². The van der Waals surface area contributed by atoms with Gasteiger partial charge in [0, 0.05) is 0 Å². The van der Waals surface area contributed by atoms with Crippen molar-refractivity contribution >= 4 is 23.5 Å². The highest BCUT2D eigenvalue weighted by molar-refractivity contribution is 8.17. The number of thioether (sulfide) groups is 2. The Morgan fingerprint density at radius 3 is 2.17 bits per heavy atom. The predicted molar refractivity (Wildman–Crippen MR) is 94.1 cm³/mol. The van der Waals surface area contributed by atoms with Crippen molar-refractivity contribution in [3.05, 3.63) is 0 Å². The maximum absolute atomic E-state index is 10.8. The first kappa shape index (κ1) is 19.2. The fraction of sp³-hybridized carbons (Fsp3) is 1.00. The third-order valence-corrected chi connectivity index (χ3v) is 7.46. The summed E-state index contributed by atoms with van der Waals surface area (Å²) in [7, 11) is 0. The number of rotatable bonds is 4. The van der Waals surface area contributed by atoms with Crippen LogP contribution in [0.1, 0.15) is 34.1 Å². The van der Waals surface area contributed by atoms with Crippen LogP contribution in [0.2, 0.25) is 0 Å². The van der Waals surface area contributed by atoms with Crippen LogP contribution in [0.15, 0.2) is 0 Å². The lowest BCUT2D eigenvalue weighted by Gasteiger charge is -2.33. The van der Waals surface area contributed by atoms with E-state index in [-0.39, 0.29) is 10.7 Å². The molecule has 3 fully saturated rings. The fourth-order valence-corrected chi connectivity index (χ4v) is 6.25. The molecule has 0 aromatic carbocycles. The van der Waals surface area contributed by atoms with E-state index < -0.39 is 36.0 Å². The van der Waals surface area contributed by atoms with E-state index in [2.05, 4.69) is 0 Å². The molecule has 6 nitrogen and oxygen atoms in total. The molecule has 0 amide bonds. The minimum Gasteiger partial charge on any atom is -0.388 e. The van der Waals surface area contributed by atoms with Crippen LogP contribution < -0.4 is 0 Å². The van der Waals surface area contributed by atoms with Crippen molar-refractivity contribution in [2.24, 2.45) is 0 Å².